The molecule has 2 heterocycles. The van der Waals surface area contributed by atoms with E-state index in [0.717, 1.165) is 43.3 Å². The Labute approximate surface area is 192 Å². The molecule has 2 aromatic carbocycles. The summed E-state index contributed by atoms with van der Waals surface area (Å²) in [6.07, 6.45) is 2.56. The first kappa shape index (κ1) is 22.2. The minimum absolute atomic E-state index is 0.240. The summed E-state index contributed by atoms with van der Waals surface area (Å²) >= 11 is 7.28. The number of benzene rings is 2. The van der Waals surface area contributed by atoms with E-state index in [-0.39, 0.29) is 4.90 Å². The lowest BCUT2D eigenvalue weighted by Gasteiger charge is -2.31. The summed E-state index contributed by atoms with van der Waals surface area (Å²) in [6.45, 7) is 4.22. The molecule has 0 radical (unpaired) electrons. The second-order valence-corrected chi connectivity index (χ2v) is 10.8. The number of halogens is 1. The highest BCUT2D eigenvalue weighted by atomic mass is 35.5. The number of nitrogens with one attached hydrogen (secondary N) is 1. The highest BCUT2D eigenvalue weighted by molar-refractivity contribution is 7.89. The van der Waals surface area contributed by atoms with Crippen molar-refractivity contribution in [1.82, 2.24) is 14.1 Å². The van der Waals surface area contributed by atoms with Gasteiger partial charge in [-0.05, 0) is 55.5 Å². The zero-order valence-electron chi connectivity index (χ0n) is 17.3. The van der Waals surface area contributed by atoms with Crippen LogP contribution in [0.5, 0.6) is 0 Å². The van der Waals surface area contributed by atoms with Crippen LogP contribution in [-0.4, -0.2) is 37.4 Å². The number of sulfonamides is 1. The van der Waals surface area contributed by atoms with Gasteiger partial charge < -0.3 is 4.90 Å². The van der Waals surface area contributed by atoms with Crippen LogP contribution in [-0.2, 0) is 16.4 Å². The van der Waals surface area contributed by atoms with Crippen molar-refractivity contribution in [2.24, 2.45) is 5.92 Å². The standard InChI is InChI=1S/C22H25ClN4O2S2/c1-16-2-4-17(5-3-16)14-21-25-22(30-26-21)27-12-10-18(11-13-27)15-24-31(28,29)20-8-6-19(23)7-9-20/h2-9,18,24H,10-15H2,1H3. The summed E-state index contributed by atoms with van der Waals surface area (Å²) in [5, 5.41) is 1.47. The lowest BCUT2D eigenvalue weighted by molar-refractivity contribution is 0.401. The number of piperidine rings is 1. The number of rotatable bonds is 7. The predicted molar refractivity (Wildman–Crippen MR) is 125 cm³/mol. The molecule has 0 spiro atoms. The van der Waals surface area contributed by atoms with Crippen molar-refractivity contribution in [3.05, 3.63) is 70.5 Å². The highest BCUT2D eigenvalue weighted by Gasteiger charge is 2.24. The Kier molecular flexibility index (Phi) is 6.91. The number of anilines is 1. The number of hydrogen-bond acceptors (Lipinski definition) is 6. The van der Waals surface area contributed by atoms with Crippen LogP contribution < -0.4 is 9.62 Å². The third-order valence-electron chi connectivity index (χ3n) is 5.51. The molecule has 1 aliphatic heterocycles. The van der Waals surface area contributed by atoms with Gasteiger partial charge in [-0.15, -0.1) is 0 Å². The van der Waals surface area contributed by atoms with E-state index in [0.29, 0.717) is 17.5 Å². The van der Waals surface area contributed by atoms with Gasteiger partial charge in [0.05, 0.1) is 4.90 Å². The molecule has 1 aliphatic rings. The molecule has 6 nitrogen and oxygen atoms in total. The van der Waals surface area contributed by atoms with Crippen LogP contribution in [0.15, 0.2) is 53.4 Å². The molecule has 31 heavy (non-hydrogen) atoms. The first-order valence-electron chi connectivity index (χ1n) is 10.3. The fraction of sp³-hybridized carbons (Fsp3) is 0.364. The second-order valence-electron chi connectivity index (χ2n) is 7.89. The number of aryl methyl sites for hydroxylation is 1. The molecule has 1 saturated heterocycles. The zero-order valence-corrected chi connectivity index (χ0v) is 19.7. The van der Waals surface area contributed by atoms with Crippen molar-refractivity contribution in [1.29, 1.82) is 0 Å². The average Bonchev–Trinajstić information content (AvgIpc) is 3.23. The van der Waals surface area contributed by atoms with E-state index in [4.69, 9.17) is 16.6 Å². The number of hydrogen-bond donors (Lipinski definition) is 1. The van der Waals surface area contributed by atoms with Gasteiger partial charge in [0.2, 0.25) is 15.2 Å². The summed E-state index contributed by atoms with van der Waals surface area (Å²) in [4.78, 5) is 7.21. The lowest BCUT2D eigenvalue weighted by atomic mass is 9.97. The normalized spacial score (nSPS) is 15.4. The largest absolute Gasteiger partial charge is 0.347 e. The Morgan fingerprint density at radius 3 is 2.45 bits per heavy atom. The van der Waals surface area contributed by atoms with E-state index in [2.05, 4.69) is 45.2 Å². The quantitative estimate of drug-likeness (QED) is 0.550. The maximum atomic E-state index is 12.5. The van der Waals surface area contributed by atoms with Crippen molar-refractivity contribution in [2.45, 2.75) is 31.1 Å². The van der Waals surface area contributed by atoms with Gasteiger partial charge in [0, 0.05) is 42.6 Å². The molecule has 9 heteroatoms. The molecule has 1 fully saturated rings. The monoisotopic (exact) mass is 476 g/mol. The van der Waals surface area contributed by atoms with Crippen molar-refractivity contribution < 1.29 is 8.42 Å². The Morgan fingerprint density at radius 2 is 1.77 bits per heavy atom. The minimum Gasteiger partial charge on any atom is -0.347 e. The zero-order chi connectivity index (χ0) is 21.8. The molecule has 3 aromatic rings. The van der Waals surface area contributed by atoms with Gasteiger partial charge in [-0.25, -0.2) is 18.1 Å². The van der Waals surface area contributed by atoms with Gasteiger partial charge in [0.1, 0.15) is 5.82 Å². The van der Waals surface area contributed by atoms with Crippen LogP contribution in [0.4, 0.5) is 5.13 Å². The minimum atomic E-state index is -3.51. The topological polar surface area (TPSA) is 75.2 Å². The Balaban J connectivity index is 1.27. The second kappa shape index (κ2) is 9.65. The number of aromatic nitrogens is 2. The molecular weight excluding hydrogens is 452 g/mol. The van der Waals surface area contributed by atoms with Gasteiger partial charge in [-0.1, -0.05) is 41.4 Å². The highest BCUT2D eigenvalue weighted by Crippen LogP contribution is 2.25. The molecule has 0 unspecified atom stereocenters. The Bertz CT molecular complexity index is 1110. The third-order valence-corrected chi connectivity index (χ3v) is 8.02. The van der Waals surface area contributed by atoms with Crippen LogP contribution >= 0.6 is 23.1 Å². The Morgan fingerprint density at radius 1 is 1.10 bits per heavy atom. The number of nitrogens with zero attached hydrogens (tertiary/aromatic N) is 3. The van der Waals surface area contributed by atoms with Crippen LogP contribution in [0.1, 0.15) is 29.8 Å². The molecule has 0 atom stereocenters. The lowest BCUT2D eigenvalue weighted by Crippen LogP contribution is -2.38. The maximum Gasteiger partial charge on any atom is 0.240 e. The van der Waals surface area contributed by atoms with E-state index in [1.54, 1.807) is 12.1 Å². The third kappa shape index (κ3) is 5.83. The molecule has 0 aliphatic carbocycles. The first-order chi connectivity index (χ1) is 14.9. The molecule has 1 aromatic heterocycles. The molecule has 1 N–H and O–H groups in total. The molecular formula is C22H25ClN4O2S2. The summed E-state index contributed by atoms with van der Waals surface area (Å²) < 4.78 is 32.2. The predicted octanol–water partition coefficient (Wildman–Crippen LogP) is 4.29. The summed E-state index contributed by atoms with van der Waals surface area (Å²) in [7, 11) is -3.51. The fourth-order valence-electron chi connectivity index (χ4n) is 3.59. The van der Waals surface area contributed by atoms with Crippen molar-refractivity contribution in [3.8, 4) is 0 Å². The maximum absolute atomic E-state index is 12.5. The summed E-state index contributed by atoms with van der Waals surface area (Å²) in [5.74, 6) is 1.15. The van der Waals surface area contributed by atoms with Crippen molar-refractivity contribution in [3.63, 3.8) is 0 Å². The van der Waals surface area contributed by atoms with Crippen molar-refractivity contribution >= 4 is 38.3 Å². The van der Waals surface area contributed by atoms with Crippen molar-refractivity contribution in [2.75, 3.05) is 24.5 Å². The van der Waals surface area contributed by atoms with Crippen LogP contribution in [0.2, 0.25) is 5.02 Å². The Hall–Kier alpha value is -2.00. The van der Waals surface area contributed by atoms with Gasteiger partial charge in [0.15, 0.2) is 0 Å². The van der Waals surface area contributed by atoms with Gasteiger partial charge in [-0.2, -0.15) is 4.37 Å². The van der Waals surface area contributed by atoms with E-state index in [9.17, 15) is 8.42 Å². The van der Waals surface area contributed by atoms with E-state index < -0.39 is 10.0 Å². The van der Waals surface area contributed by atoms with Crippen LogP contribution in [0, 0.1) is 12.8 Å². The SMILES string of the molecule is Cc1ccc(Cc2nsc(N3CCC(CNS(=O)(=O)c4ccc(Cl)cc4)CC3)n2)cc1. The average molecular weight is 477 g/mol. The van der Waals surface area contributed by atoms with Gasteiger partial charge >= 0.3 is 0 Å². The fourth-order valence-corrected chi connectivity index (χ4v) is 5.57. The van der Waals surface area contributed by atoms with E-state index in [1.165, 1.54) is 34.8 Å². The van der Waals surface area contributed by atoms with Gasteiger partial charge in [-0.3, -0.25) is 0 Å². The molecule has 164 valence electrons. The molecule has 0 amide bonds. The summed E-state index contributed by atoms with van der Waals surface area (Å²) in [5.41, 5.74) is 2.45. The molecule has 0 bridgehead atoms. The first-order valence-corrected chi connectivity index (χ1v) is 12.9. The summed E-state index contributed by atoms with van der Waals surface area (Å²) in [6, 6.07) is 14.7. The van der Waals surface area contributed by atoms with Crippen LogP contribution in [0.25, 0.3) is 0 Å². The molecule has 4 rings (SSSR count). The van der Waals surface area contributed by atoms with Crippen LogP contribution in [0.3, 0.4) is 0 Å². The smallest absolute Gasteiger partial charge is 0.240 e. The van der Waals surface area contributed by atoms with E-state index >= 15 is 0 Å². The van der Waals surface area contributed by atoms with Gasteiger partial charge in [0.25, 0.3) is 0 Å². The molecule has 0 saturated carbocycles. The van der Waals surface area contributed by atoms with E-state index in [1.807, 2.05) is 0 Å².